The van der Waals surface area contributed by atoms with Crippen LogP contribution >= 0.6 is 0 Å². The first-order valence-electron chi connectivity index (χ1n) is 13.1. The van der Waals surface area contributed by atoms with Gasteiger partial charge < -0.3 is 25.4 Å². The highest BCUT2D eigenvalue weighted by Gasteiger charge is 2.38. The van der Waals surface area contributed by atoms with Gasteiger partial charge in [-0.15, -0.1) is 0 Å². The number of hydrogen-bond acceptors (Lipinski definition) is 5. The lowest BCUT2D eigenvalue weighted by molar-refractivity contribution is -0.145. The normalized spacial score (nSPS) is 13.3. The van der Waals surface area contributed by atoms with E-state index in [9.17, 15) is 19.5 Å². The molecule has 39 heavy (non-hydrogen) atoms. The molecule has 2 aromatic carbocycles. The molecule has 3 N–H and O–H groups in total. The Morgan fingerprint density at radius 1 is 1.03 bits per heavy atom. The number of benzene rings is 2. The fourth-order valence-corrected chi connectivity index (χ4v) is 4.11. The van der Waals surface area contributed by atoms with Gasteiger partial charge in [-0.3, -0.25) is 9.59 Å². The Morgan fingerprint density at radius 2 is 1.64 bits per heavy atom. The van der Waals surface area contributed by atoms with Gasteiger partial charge in [-0.1, -0.05) is 43.0 Å². The molecule has 0 aliphatic heterocycles. The van der Waals surface area contributed by atoms with Crippen LogP contribution in [-0.2, 0) is 20.7 Å². The van der Waals surface area contributed by atoms with Crippen molar-refractivity contribution in [3.8, 4) is 5.75 Å². The summed E-state index contributed by atoms with van der Waals surface area (Å²) in [7, 11) is 0. The molecule has 0 spiro atoms. The van der Waals surface area contributed by atoms with Crippen LogP contribution in [0.5, 0.6) is 5.75 Å². The van der Waals surface area contributed by atoms with Crippen molar-refractivity contribution in [1.29, 1.82) is 0 Å². The van der Waals surface area contributed by atoms with E-state index < -0.39 is 41.3 Å². The molecule has 0 saturated heterocycles. The summed E-state index contributed by atoms with van der Waals surface area (Å²) in [6, 6.07) is 11.3. The summed E-state index contributed by atoms with van der Waals surface area (Å²) in [5.74, 6) is -0.694. The molecular formula is C31H43N3O5. The zero-order chi connectivity index (χ0) is 29.5. The monoisotopic (exact) mass is 537 g/mol. The van der Waals surface area contributed by atoms with Crippen molar-refractivity contribution < 1.29 is 24.2 Å². The standard InChI is InChI=1S/C31H43N3O5/c1-10-21-12-11-13-23(18-21)26(27(36)33-30(4,5)6)34(20(2)3)28(37)25(32-29(38)39-31(7,8)9)19-22-14-16-24(35)17-15-22/h10-18,20,25-26,35H,1,19H2,2-9H3,(H,32,38)(H,33,36). The first-order valence-corrected chi connectivity index (χ1v) is 13.1. The number of nitrogens with one attached hydrogen (secondary N) is 2. The average molecular weight is 538 g/mol. The minimum absolute atomic E-state index is 0.0894. The number of nitrogens with zero attached hydrogens (tertiary/aromatic N) is 1. The zero-order valence-corrected chi connectivity index (χ0v) is 24.4. The molecule has 0 radical (unpaired) electrons. The smallest absolute Gasteiger partial charge is 0.408 e. The van der Waals surface area contributed by atoms with Gasteiger partial charge in [0.15, 0.2) is 0 Å². The molecule has 2 unspecified atom stereocenters. The van der Waals surface area contributed by atoms with Crippen LogP contribution in [0.2, 0.25) is 0 Å². The molecule has 212 valence electrons. The van der Waals surface area contributed by atoms with Gasteiger partial charge in [-0.2, -0.15) is 0 Å². The number of phenols is 1. The second kappa shape index (κ2) is 12.8. The molecule has 0 aliphatic carbocycles. The molecule has 0 bridgehead atoms. The van der Waals surface area contributed by atoms with Crippen molar-refractivity contribution in [2.75, 3.05) is 0 Å². The number of hydrogen-bond donors (Lipinski definition) is 3. The van der Waals surface area contributed by atoms with E-state index in [0.29, 0.717) is 5.56 Å². The van der Waals surface area contributed by atoms with E-state index in [2.05, 4.69) is 17.2 Å². The second-order valence-electron chi connectivity index (χ2n) is 11.9. The number of amides is 3. The van der Waals surface area contributed by atoms with E-state index in [1.807, 2.05) is 52.8 Å². The molecule has 0 heterocycles. The van der Waals surface area contributed by atoms with Crippen molar-refractivity contribution >= 4 is 24.0 Å². The third-order valence-electron chi connectivity index (χ3n) is 5.66. The van der Waals surface area contributed by atoms with Crippen LogP contribution < -0.4 is 10.6 Å². The lowest BCUT2D eigenvalue weighted by atomic mass is 9.96. The van der Waals surface area contributed by atoms with E-state index in [1.54, 1.807) is 45.0 Å². The third-order valence-corrected chi connectivity index (χ3v) is 5.66. The SMILES string of the molecule is C=Cc1cccc(C(C(=O)NC(C)(C)C)N(C(=O)C(Cc2ccc(O)cc2)NC(=O)OC(C)(C)C)C(C)C)c1. The Labute approximate surface area is 232 Å². The Bertz CT molecular complexity index is 1160. The van der Waals surface area contributed by atoms with Crippen LogP contribution in [0.3, 0.4) is 0 Å². The lowest BCUT2D eigenvalue weighted by Crippen LogP contribution is -2.57. The Hall–Kier alpha value is -3.81. The predicted octanol–water partition coefficient (Wildman–Crippen LogP) is 5.36. The highest BCUT2D eigenvalue weighted by Crippen LogP contribution is 2.27. The van der Waals surface area contributed by atoms with Gasteiger partial charge in [0.05, 0.1) is 0 Å². The van der Waals surface area contributed by atoms with Crippen molar-refractivity contribution in [2.45, 2.75) is 91.1 Å². The maximum Gasteiger partial charge on any atom is 0.408 e. The third kappa shape index (κ3) is 9.78. The van der Waals surface area contributed by atoms with Gasteiger partial charge in [0.2, 0.25) is 11.8 Å². The molecule has 0 aliphatic rings. The molecule has 0 aromatic heterocycles. The molecular weight excluding hydrogens is 494 g/mol. The summed E-state index contributed by atoms with van der Waals surface area (Å²) in [5.41, 5.74) is 0.836. The summed E-state index contributed by atoms with van der Waals surface area (Å²) in [5, 5.41) is 15.5. The summed E-state index contributed by atoms with van der Waals surface area (Å²) in [4.78, 5) is 42.4. The molecule has 2 aromatic rings. The summed E-state index contributed by atoms with van der Waals surface area (Å²) in [6.45, 7) is 18.3. The lowest BCUT2D eigenvalue weighted by Gasteiger charge is -2.38. The highest BCUT2D eigenvalue weighted by atomic mass is 16.6. The van der Waals surface area contributed by atoms with Crippen LogP contribution in [-0.4, -0.2) is 51.1 Å². The van der Waals surface area contributed by atoms with Crippen molar-refractivity contribution in [3.05, 3.63) is 71.8 Å². The summed E-state index contributed by atoms with van der Waals surface area (Å²) in [6.07, 6.45) is 1.07. The molecule has 8 nitrogen and oxygen atoms in total. The number of rotatable bonds is 9. The van der Waals surface area contributed by atoms with E-state index in [-0.39, 0.29) is 18.1 Å². The maximum atomic E-state index is 14.3. The van der Waals surface area contributed by atoms with Crippen LogP contribution in [0, 0.1) is 0 Å². The van der Waals surface area contributed by atoms with E-state index in [4.69, 9.17) is 4.74 Å². The number of alkyl carbamates (subject to hydrolysis) is 1. The second-order valence-corrected chi connectivity index (χ2v) is 11.9. The zero-order valence-electron chi connectivity index (χ0n) is 24.4. The maximum absolute atomic E-state index is 14.3. The van der Waals surface area contributed by atoms with E-state index in [1.165, 1.54) is 17.0 Å². The van der Waals surface area contributed by atoms with Gasteiger partial charge in [0.25, 0.3) is 0 Å². The Morgan fingerprint density at radius 3 is 2.15 bits per heavy atom. The predicted molar refractivity (Wildman–Crippen MR) is 154 cm³/mol. The number of ether oxygens (including phenoxy) is 1. The van der Waals surface area contributed by atoms with Crippen LogP contribution in [0.15, 0.2) is 55.1 Å². The molecule has 3 amide bonds. The van der Waals surface area contributed by atoms with E-state index >= 15 is 0 Å². The van der Waals surface area contributed by atoms with E-state index in [0.717, 1.165) is 11.1 Å². The van der Waals surface area contributed by atoms with Crippen LogP contribution in [0.25, 0.3) is 6.08 Å². The van der Waals surface area contributed by atoms with Gasteiger partial charge >= 0.3 is 6.09 Å². The first kappa shape index (κ1) is 31.4. The number of carbonyl (C=O) groups is 3. The molecule has 0 saturated carbocycles. The highest BCUT2D eigenvalue weighted by molar-refractivity contribution is 5.92. The number of carbonyl (C=O) groups excluding carboxylic acids is 3. The van der Waals surface area contributed by atoms with Gasteiger partial charge in [-0.05, 0) is 90.3 Å². The van der Waals surface area contributed by atoms with Gasteiger partial charge in [0.1, 0.15) is 23.4 Å². The Kier molecular flexibility index (Phi) is 10.3. The first-order chi connectivity index (χ1) is 18.0. The van der Waals surface area contributed by atoms with Crippen LogP contribution in [0.1, 0.15) is 78.1 Å². The summed E-state index contributed by atoms with van der Waals surface area (Å²) < 4.78 is 5.45. The molecule has 8 heteroatoms. The van der Waals surface area contributed by atoms with Gasteiger partial charge in [0, 0.05) is 18.0 Å². The average Bonchev–Trinajstić information content (AvgIpc) is 2.80. The molecule has 2 rings (SSSR count). The van der Waals surface area contributed by atoms with Crippen molar-refractivity contribution in [1.82, 2.24) is 15.5 Å². The fourth-order valence-electron chi connectivity index (χ4n) is 4.11. The molecule has 2 atom stereocenters. The minimum Gasteiger partial charge on any atom is -0.508 e. The quantitative estimate of drug-likeness (QED) is 0.399. The number of aromatic hydroxyl groups is 1. The molecule has 0 fully saturated rings. The topological polar surface area (TPSA) is 108 Å². The Balaban J connectivity index is 2.60. The van der Waals surface area contributed by atoms with Crippen LogP contribution in [0.4, 0.5) is 4.79 Å². The fraction of sp³-hybridized carbons (Fsp3) is 0.452. The largest absolute Gasteiger partial charge is 0.508 e. The number of phenolic OH excluding ortho intramolecular Hbond substituents is 1. The van der Waals surface area contributed by atoms with Crippen molar-refractivity contribution in [2.24, 2.45) is 0 Å². The minimum atomic E-state index is -1.04. The van der Waals surface area contributed by atoms with Gasteiger partial charge in [-0.25, -0.2) is 4.79 Å². The summed E-state index contributed by atoms with van der Waals surface area (Å²) >= 11 is 0. The van der Waals surface area contributed by atoms with Crippen molar-refractivity contribution in [3.63, 3.8) is 0 Å².